The fourth-order valence-electron chi connectivity index (χ4n) is 3.39. The number of hydrogen-bond donors (Lipinski definition) is 1. The second kappa shape index (κ2) is 10.1. The summed E-state index contributed by atoms with van der Waals surface area (Å²) in [5.74, 6) is -0.171. The van der Waals surface area contributed by atoms with E-state index in [0.29, 0.717) is 61.8 Å². The number of rotatable bonds is 7. The van der Waals surface area contributed by atoms with Crippen LogP contribution in [0.1, 0.15) is 23.2 Å². The lowest BCUT2D eigenvalue weighted by Gasteiger charge is -2.35. The van der Waals surface area contributed by atoms with Gasteiger partial charge >= 0.3 is 0 Å². The molecule has 0 unspecified atom stereocenters. The topological polar surface area (TPSA) is 95.8 Å². The van der Waals surface area contributed by atoms with Crippen molar-refractivity contribution in [2.45, 2.75) is 12.8 Å². The van der Waals surface area contributed by atoms with E-state index >= 15 is 0 Å². The standard InChI is InChI=1S/C21H23ClN4O4/c22-17-9-7-16(8-10-17)21(28)23-11-3-6-20(27)25-14-12-24(13-15-25)18-4-1-2-5-19(18)26(29)30/h1-2,4-5,7-10H,3,6,11-15H2,(H,23,28). The number of piperazine rings is 1. The number of hydrogen-bond acceptors (Lipinski definition) is 5. The first-order valence-corrected chi connectivity index (χ1v) is 10.1. The van der Waals surface area contributed by atoms with Gasteiger partial charge in [0.25, 0.3) is 11.6 Å². The van der Waals surface area contributed by atoms with Gasteiger partial charge in [0, 0.05) is 55.8 Å². The van der Waals surface area contributed by atoms with Crippen molar-refractivity contribution >= 4 is 34.8 Å². The van der Waals surface area contributed by atoms with Gasteiger partial charge in [0.1, 0.15) is 5.69 Å². The smallest absolute Gasteiger partial charge is 0.292 e. The molecule has 1 N–H and O–H groups in total. The molecule has 1 aliphatic heterocycles. The number of nitrogens with zero attached hydrogens (tertiary/aromatic N) is 3. The average molecular weight is 431 g/mol. The fraction of sp³-hybridized carbons (Fsp3) is 0.333. The summed E-state index contributed by atoms with van der Waals surface area (Å²) in [5, 5.41) is 14.6. The van der Waals surface area contributed by atoms with Crippen LogP contribution in [0.3, 0.4) is 0 Å². The highest BCUT2D eigenvalue weighted by molar-refractivity contribution is 6.30. The van der Waals surface area contributed by atoms with Crippen LogP contribution in [0.15, 0.2) is 48.5 Å². The molecule has 8 nitrogen and oxygen atoms in total. The minimum absolute atomic E-state index is 0.0259. The summed E-state index contributed by atoms with van der Waals surface area (Å²) in [6.07, 6.45) is 0.884. The lowest BCUT2D eigenvalue weighted by Crippen LogP contribution is -2.49. The molecule has 0 spiro atoms. The van der Waals surface area contributed by atoms with Gasteiger partial charge < -0.3 is 15.1 Å². The van der Waals surface area contributed by atoms with Crippen molar-refractivity contribution in [2.24, 2.45) is 0 Å². The summed E-state index contributed by atoms with van der Waals surface area (Å²) >= 11 is 5.81. The molecule has 0 aromatic heterocycles. The summed E-state index contributed by atoms with van der Waals surface area (Å²) in [7, 11) is 0. The van der Waals surface area contributed by atoms with E-state index in [1.54, 1.807) is 47.4 Å². The van der Waals surface area contributed by atoms with Crippen LogP contribution in [0, 0.1) is 10.1 Å². The largest absolute Gasteiger partial charge is 0.362 e. The molecule has 0 aliphatic carbocycles. The van der Waals surface area contributed by atoms with Crippen LogP contribution in [-0.4, -0.2) is 54.4 Å². The third-order valence-electron chi connectivity index (χ3n) is 5.01. The Hall–Kier alpha value is -3.13. The molecular formula is C21H23ClN4O4. The van der Waals surface area contributed by atoms with Gasteiger partial charge in [-0.25, -0.2) is 0 Å². The van der Waals surface area contributed by atoms with Crippen molar-refractivity contribution in [3.05, 3.63) is 69.2 Å². The van der Waals surface area contributed by atoms with Gasteiger partial charge in [-0.1, -0.05) is 23.7 Å². The van der Waals surface area contributed by atoms with E-state index in [0.717, 1.165) is 0 Å². The first-order chi connectivity index (χ1) is 14.5. The Kier molecular flexibility index (Phi) is 7.24. The van der Waals surface area contributed by atoms with Gasteiger partial charge in [-0.15, -0.1) is 0 Å². The molecule has 158 valence electrons. The molecule has 2 aromatic carbocycles. The van der Waals surface area contributed by atoms with Crippen molar-refractivity contribution in [1.29, 1.82) is 0 Å². The van der Waals surface area contributed by atoms with Crippen LogP contribution in [0.4, 0.5) is 11.4 Å². The predicted octanol–water partition coefficient (Wildman–Crippen LogP) is 3.11. The first kappa shape index (κ1) is 21.6. The van der Waals surface area contributed by atoms with Crippen LogP contribution < -0.4 is 10.2 Å². The molecule has 0 radical (unpaired) electrons. The molecule has 0 bridgehead atoms. The van der Waals surface area contributed by atoms with Crippen LogP contribution in [-0.2, 0) is 4.79 Å². The second-order valence-electron chi connectivity index (χ2n) is 6.98. The number of carbonyl (C=O) groups excluding carboxylic acids is 2. The fourth-order valence-corrected chi connectivity index (χ4v) is 3.51. The van der Waals surface area contributed by atoms with E-state index in [9.17, 15) is 19.7 Å². The van der Waals surface area contributed by atoms with E-state index in [2.05, 4.69) is 5.32 Å². The lowest BCUT2D eigenvalue weighted by molar-refractivity contribution is -0.384. The molecule has 1 heterocycles. The average Bonchev–Trinajstić information content (AvgIpc) is 2.77. The zero-order chi connectivity index (χ0) is 21.5. The number of benzene rings is 2. The molecule has 3 rings (SSSR count). The van der Waals surface area contributed by atoms with Gasteiger partial charge in [-0.3, -0.25) is 19.7 Å². The van der Waals surface area contributed by atoms with Crippen LogP contribution in [0.2, 0.25) is 5.02 Å². The Morgan fingerprint density at radius 2 is 1.70 bits per heavy atom. The third-order valence-corrected chi connectivity index (χ3v) is 5.26. The predicted molar refractivity (Wildman–Crippen MR) is 115 cm³/mol. The summed E-state index contributed by atoms with van der Waals surface area (Å²) in [6.45, 7) is 2.53. The zero-order valence-corrected chi connectivity index (χ0v) is 17.2. The van der Waals surface area contributed by atoms with Crippen molar-refractivity contribution in [2.75, 3.05) is 37.6 Å². The highest BCUT2D eigenvalue weighted by atomic mass is 35.5. The first-order valence-electron chi connectivity index (χ1n) is 9.75. The Morgan fingerprint density at radius 3 is 2.37 bits per heavy atom. The number of carbonyl (C=O) groups is 2. The molecule has 1 fully saturated rings. The van der Waals surface area contributed by atoms with E-state index in [1.165, 1.54) is 6.07 Å². The molecule has 0 atom stereocenters. The van der Waals surface area contributed by atoms with E-state index in [4.69, 9.17) is 11.6 Å². The molecule has 0 saturated carbocycles. The summed E-state index contributed by atoms with van der Waals surface area (Å²) < 4.78 is 0. The maximum atomic E-state index is 12.4. The monoisotopic (exact) mass is 430 g/mol. The summed E-state index contributed by atoms with van der Waals surface area (Å²) in [6, 6.07) is 13.3. The lowest BCUT2D eigenvalue weighted by atomic mass is 10.2. The van der Waals surface area contributed by atoms with Crippen LogP contribution in [0.5, 0.6) is 0 Å². The zero-order valence-electron chi connectivity index (χ0n) is 16.4. The minimum Gasteiger partial charge on any atom is -0.362 e. The highest BCUT2D eigenvalue weighted by Gasteiger charge is 2.25. The highest BCUT2D eigenvalue weighted by Crippen LogP contribution is 2.28. The summed E-state index contributed by atoms with van der Waals surface area (Å²) in [5.41, 5.74) is 1.19. The number of nitrogens with one attached hydrogen (secondary N) is 1. The van der Waals surface area contributed by atoms with Gasteiger partial charge in [-0.05, 0) is 36.8 Å². The minimum atomic E-state index is -0.384. The molecule has 2 amide bonds. The number of nitro groups is 1. The maximum absolute atomic E-state index is 12.4. The number of halogens is 1. The normalized spacial score (nSPS) is 13.8. The van der Waals surface area contributed by atoms with E-state index < -0.39 is 0 Å². The van der Waals surface area contributed by atoms with Gasteiger partial charge in [0.05, 0.1) is 4.92 Å². The van der Waals surface area contributed by atoms with Crippen LogP contribution >= 0.6 is 11.6 Å². The Bertz CT molecular complexity index is 911. The molecule has 2 aromatic rings. The van der Waals surface area contributed by atoms with Gasteiger partial charge in [0.2, 0.25) is 5.91 Å². The molecular weight excluding hydrogens is 408 g/mol. The van der Waals surface area contributed by atoms with Crippen molar-refractivity contribution in [3.8, 4) is 0 Å². The van der Waals surface area contributed by atoms with Crippen molar-refractivity contribution in [1.82, 2.24) is 10.2 Å². The second-order valence-corrected chi connectivity index (χ2v) is 7.42. The number of para-hydroxylation sites is 2. The van der Waals surface area contributed by atoms with Crippen LogP contribution in [0.25, 0.3) is 0 Å². The third kappa shape index (κ3) is 5.48. The van der Waals surface area contributed by atoms with Crippen molar-refractivity contribution in [3.63, 3.8) is 0 Å². The molecule has 1 aliphatic rings. The molecule has 9 heteroatoms. The SMILES string of the molecule is O=C(NCCCC(=O)N1CCN(c2ccccc2[N+](=O)[O-])CC1)c1ccc(Cl)cc1. The quantitative estimate of drug-likeness (QED) is 0.413. The van der Waals surface area contributed by atoms with E-state index in [1.807, 2.05) is 4.90 Å². The van der Waals surface area contributed by atoms with Crippen molar-refractivity contribution < 1.29 is 14.5 Å². The number of anilines is 1. The Morgan fingerprint density at radius 1 is 1.03 bits per heavy atom. The van der Waals surface area contributed by atoms with Gasteiger partial charge in [-0.2, -0.15) is 0 Å². The summed E-state index contributed by atoms with van der Waals surface area (Å²) in [4.78, 5) is 39.0. The maximum Gasteiger partial charge on any atom is 0.292 e. The van der Waals surface area contributed by atoms with Gasteiger partial charge in [0.15, 0.2) is 0 Å². The molecule has 30 heavy (non-hydrogen) atoms. The Balaban J connectivity index is 1.41. The number of nitro benzene ring substituents is 1. The van der Waals surface area contributed by atoms with E-state index in [-0.39, 0.29) is 22.4 Å². The number of amides is 2. The molecule has 1 saturated heterocycles. The Labute approximate surface area is 179 Å².